The lowest BCUT2D eigenvalue weighted by Gasteiger charge is -2.21. The van der Waals surface area contributed by atoms with Crippen molar-refractivity contribution in [3.8, 4) is 11.5 Å². The van der Waals surface area contributed by atoms with Gasteiger partial charge in [0.25, 0.3) is 5.91 Å². The molecule has 1 aromatic heterocycles. The van der Waals surface area contributed by atoms with Crippen LogP contribution in [0.3, 0.4) is 0 Å². The topological polar surface area (TPSA) is 65.4 Å². The van der Waals surface area contributed by atoms with Crippen molar-refractivity contribution >= 4 is 29.1 Å². The van der Waals surface area contributed by atoms with Gasteiger partial charge in [-0.1, -0.05) is 41.4 Å². The molecule has 1 atom stereocenters. The number of methoxy groups -OCH3 is 1. The molecule has 146 valence electrons. The molecule has 0 bridgehead atoms. The Labute approximate surface area is 173 Å². The first-order valence-electron chi connectivity index (χ1n) is 8.47. The third-order valence-corrected chi connectivity index (χ3v) is 4.66. The first kappa shape index (κ1) is 20.0. The van der Waals surface area contributed by atoms with Crippen LogP contribution in [0.15, 0.2) is 54.9 Å². The zero-order valence-electron chi connectivity index (χ0n) is 15.4. The molecule has 1 unspecified atom stereocenters. The van der Waals surface area contributed by atoms with Crippen molar-refractivity contribution in [1.82, 2.24) is 14.9 Å². The summed E-state index contributed by atoms with van der Waals surface area (Å²) in [5, 5.41) is 3.79. The maximum Gasteiger partial charge on any atom is 0.258 e. The molecule has 0 saturated heterocycles. The molecule has 1 N–H and O–H groups in total. The standard InChI is InChI=1S/C20H19Cl2N3O3/c1-25-10-9-23-20(25)19(14-5-3-4-6-16(14)27-2)24-18(26)12-28-17-8-7-13(21)11-15(17)22/h3-11,19H,12H2,1-2H3,(H,24,26). The van der Waals surface area contributed by atoms with E-state index in [2.05, 4.69) is 10.3 Å². The van der Waals surface area contributed by atoms with Crippen LogP contribution in [0.1, 0.15) is 17.4 Å². The van der Waals surface area contributed by atoms with Crippen LogP contribution in [0.25, 0.3) is 0 Å². The lowest BCUT2D eigenvalue weighted by molar-refractivity contribution is -0.123. The largest absolute Gasteiger partial charge is 0.496 e. The van der Waals surface area contributed by atoms with E-state index in [0.717, 1.165) is 5.56 Å². The number of ether oxygens (including phenoxy) is 2. The van der Waals surface area contributed by atoms with E-state index >= 15 is 0 Å². The van der Waals surface area contributed by atoms with Gasteiger partial charge in [-0.3, -0.25) is 4.79 Å². The number of carbonyl (C=O) groups is 1. The maximum absolute atomic E-state index is 12.6. The van der Waals surface area contributed by atoms with Crippen molar-refractivity contribution in [3.63, 3.8) is 0 Å². The molecule has 0 aliphatic carbocycles. The number of amides is 1. The molecule has 3 aromatic rings. The van der Waals surface area contributed by atoms with E-state index < -0.39 is 6.04 Å². The van der Waals surface area contributed by atoms with E-state index in [9.17, 15) is 4.79 Å². The third kappa shape index (κ3) is 4.58. The van der Waals surface area contributed by atoms with Crippen LogP contribution in [-0.2, 0) is 11.8 Å². The highest BCUT2D eigenvalue weighted by molar-refractivity contribution is 6.35. The SMILES string of the molecule is COc1ccccc1C(NC(=O)COc1ccc(Cl)cc1Cl)c1nccn1C. The van der Waals surface area contributed by atoms with Crippen LogP contribution in [-0.4, -0.2) is 29.2 Å². The molecule has 1 amide bonds. The van der Waals surface area contributed by atoms with Gasteiger partial charge in [-0.25, -0.2) is 4.98 Å². The Morgan fingerprint density at radius 2 is 2.00 bits per heavy atom. The minimum Gasteiger partial charge on any atom is -0.496 e. The Morgan fingerprint density at radius 1 is 1.21 bits per heavy atom. The highest BCUT2D eigenvalue weighted by atomic mass is 35.5. The summed E-state index contributed by atoms with van der Waals surface area (Å²) in [7, 11) is 3.45. The summed E-state index contributed by atoms with van der Waals surface area (Å²) in [6, 6.07) is 11.8. The third-order valence-electron chi connectivity index (χ3n) is 4.12. The molecule has 1 heterocycles. The quantitative estimate of drug-likeness (QED) is 0.627. The summed E-state index contributed by atoms with van der Waals surface area (Å²) in [5.41, 5.74) is 0.789. The zero-order chi connectivity index (χ0) is 20.1. The molecule has 0 radical (unpaired) electrons. The smallest absolute Gasteiger partial charge is 0.258 e. The average Bonchev–Trinajstić information content (AvgIpc) is 3.11. The molecular formula is C20H19Cl2N3O3. The van der Waals surface area contributed by atoms with Crippen LogP contribution in [0.2, 0.25) is 10.0 Å². The number of carbonyl (C=O) groups excluding carboxylic acids is 1. The number of nitrogens with one attached hydrogen (secondary N) is 1. The summed E-state index contributed by atoms with van der Waals surface area (Å²) >= 11 is 12.0. The van der Waals surface area contributed by atoms with Gasteiger partial charge in [-0.15, -0.1) is 0 Å². The lowest BCUT2D eigenvalue weighted by Crippen LogP contribution is -2.34. The van der Waals surface area contributed by atoms with Crippen molar-refractivity contribution in [1.29, 1.82) is 0 Å². The molecule has 8 heteroatoms. The van der Waals surface area contributed by atoms with Crippen molar-refractivity contribution in [2.75, 3.05) is 13.7 Å². The summed E-state index contributed by atoms with van der Waals surface area (Å²) < 4.78 is 12.8. The monoisotopic (exact) mass is 419 g/mol. The predicted octanol–water partition coefficient (Wildman–Crippen LogP) is 4.02. The molecule has 28 heavy (non-hydrogen) atoms. The second-order valence-corrected chi connectivity index (χ2v) is 6.85. The first-order valence-corrected chi connectivity index (χ1v) is 9.22. The number of benzene rings is 2. The Morgan fingerprint density at radius 3 is 2.68 bits per heavy atom. The molecule has 0 spiro atoms. The van der Waals surface area contributed by atoms with E-state index in [0.29, 0.717) is 27.4 Å². The van der Waals surface area contributed by atoms with E-state index in [4.69, 9.17) is 32.7 Å². The Balaban J connectivity index is 1.80. The van der Waals surface area contributed by atoms with E-state index in [1.807, 2.05) is 42.1 Å². The number of imidazole rings is 1. The number of halogens is 2. The second kappa shape index (κ2) is 8.99. The Bertz CT molecular complexity index is 975. The Hall–Kier alpha value is -2.70. The van der Waals surface area contributed by atoms with E-state index in [1.165, 1.54) is 0 Å². The summed E-state index contributed by atoms with van der Waals surface area (Å²) in [5.74, 6) is 1.37. The van der Waals surface area contributed by atoms with Gasteiger partial charge in [0.2, 0.25) is 0 Å². The molecule has 0 aliphatic rings. The van der Waals surface area contributed by atoms with Gasteiger partial charge in [0, 0.05) is 30.0 Å². The van der Waals surface area contributed by atoms with Crippen molar-refractivity contribution in [2.45, 2.75) is 6.04 Å². The van der Waals surface area contributed by atoms with E-state index in [-0.39, 0.29) is 12.5 Å². The minimum atomic E-state index is -0.507. The molecule has 6 nitrogen and oxygen atoms in total. The number of para-hydroxylation sites is 1. The molecule has 0 aliphatic heterocycles. The van der Waals surface area contributed by atoms with Gasteiger partial charge in [-0.2, -0.15) is 0 Å². The lowest BCUT2D eigenvalue weighted by atomic mass is 10.0. The predicted molar refractivity (Wildman–Crippen MR) is 108 cm³/mol. The normalized spacial score (nSPS) is 11.7. The maximum atomic E-state index is 12.6. The molecule has 2 aromatic carbocycles. The van der Waals surface area contributed by atoms with Gasteiger partial charge in [0.15, 0.2) is 6.61 Å². The van der Waals surface area contributed by atoms with Gasteiger partial charge >= 0.3 is 0 Å². The molecule has 0 fully saturated rings. The summed E-state index contributed by atoms with van der Waals surface area (Å²) in [4.78, 5) is 17.0. The van der Waals surface area contributed by atoms with Gasteiger partial charge in [0.1, 0.15) is 23.4 Å². The molecule has 3 rings (SSSR count). The van der Waals surface area contributed by atoms with Crippen LogP contribution >= 0.6 is 23.2 Å². The van der Waals surface area contributed by atoms with Crippen molar-refractivity contribution in [2.24, 2.45) is 7.05 Å². The number of hydrogen-bond donors (Lipinski definition) is 1. The highest BCUT2D eigenvalue weighted by Gasteiger charge is 2.24. The first-order chi connectivity index (χ1) is 13.5. The number of aromatic nitrogens is 2. The van der Waals surface area contributed by atoms with Gasteiger partial charge in [-0.05, 0) is 24.3 Å². The number of hydrogen-bond acceptors (Lipinski definition) is 4. The minimum absolute atomic E-state index is 0.211. The van der Waals surface area contributed by atoms with Crippen LogP contribution in [0.4, 0.5) is 0 Å². The van der Waals surface area contributed by atoms with Gasteiger partial charge in [0.05, 0.1) is 12.1 Å². The van der Waals surface area contributed by atoms with Crippen molar-refractivity contribution in [3.05, 3.63) is 76.3 Å². The fourth-order valence-corrected chi connectivity index (χ4v) is 3.24. The number of rotatable bonds is 7. The Kier molecular flexibility index (Phi) is 6.44. The van der Waals surface area contributed by atoms with E-state index in [1.54, 1.807) is 31.5 Å². The molecule has 0 saturated carbocycles. The van der Waals surface area contributed by atoms with Crippen LogP contribution in [0, 0.1) is 0 Å². The van der Waals surface area contributed by atoms with Crippen LogP contribution in [0.5, 0.6) is 11.5 Å². The highest BCUT2D eigenvalue weighted by Crippen LogP contribution is 2.30. The van der Waals surface area contributed by atoms with Crippen LogP contribution < -0.4 is 14.8 Å². The number of aryl methyl sites for hydroxylation is 1. The average molecular weight is 420 g/mol. The molecular weight excluding hydrogens is 401 g/mol. The number of nitrogens with zero attached hydrogens (tertiary/aromatic N) is 2. The second-order valence-electron chi connectivity index (χ2n) is 6.00. The van der Waals surface area contributed by atoms with Gasteiger partial charge < -0.3 is 19.4 Å². The zero-order valence-corrected chi connectivity index (χ0v) is 16.9. The summed E-state index contributed by atoms with van der Waals surface area (Å²) in [6.07, 6.45) is 3.49. The van der Waals surface area contributed by atoms with Crippen molar-refractivity contribution < 1.29 is 14.3 Å². The fourth-order valence-electron chi connectivity index (χ4n) is 2.78. The summed E-state index contributed by atoms with van der Waals surface area (Å²) in [6.45, 7) is -0.211. The fraction of sp³-hybridized carbons (Fsp3) is 0.200.